The molecular weight excluding hydrogens is 517 g/mol. The molecule has 1 saturated heterocycles. The Labute approximate surface area is 232 Å². The Balaban J connectivity index is 1.31. The Kier molecular flexibility index (Phi) is 7.99. The molecule has 0 radical (unpaired) electrons. The van der Waals surface area contributed by atoms with E-state index in [2.05, 4.69) is 52.7 Å². The van der Waals surface area contributed by atoms with Crippen molar-refractivity contribution in [2.45, 2.75) is 51.4 Å². The second-order valence-corrected chi connectivity index (χ2v) is 10.7. The average molecular weight is 553 g/mol. The minimum atomic E-state index is -4.67. The third kappa shape index (κ3) is 6.07. The van der Waals surface area contributed by atoms with E-state index in [9.17, 15) is 13.2 Å². The van der Waals surface area contributed by atoms with Crippen LogP contribution in [0, 0.1) is 0 Å². The summed E-state index contributed by atoms with van der Waals surface area (Å²) in [6, 6.07) is 19.0. The number of halogens is 3. The van der Waals surface area contributed by atoms with Crippen molar-refractivity contribution in [2.75, 3.05) is 27.3 Å². The molecule has 5 nitrogen and oxygen atoms in total. The van der Waals surface area contributed by atoms with Crippen LogP contribution < -0.4 is 14.2 Å². The van der Waals surface area contributed by atoms with Crippen molar-refractivity contribution in [1.82, 2.24) is 9.88 Å². The van der Waals surface area contributed by atoms with Crippen molar-refractivity contribution in [3.05, 3.63) is 77.4 Å². The normalized spacial score (nSPS) is 15.1. The highest BCUT2D eigenvalue weighted by atomic mass is 19.4. The lowest BCUT2D eigenvalue weighted by molar-refractivity contribution is -0.274. The summed E-state index contributed by atoms with van der Waals surface area (Å²) in [4.78, 5) is 6.02. The number of benzene rings is 3. The van der Waals surface area contributed by atoms with E-state index in [-0.39, 0.29) is 5.75 Å². The van der Waals surface area contributed by atoms with Gasteiger partial charge in [-0.1, -0.05) is 32.0 Å². The van der Waals surface area contributed by atoms with Gasteiger partial charge >= 0.3 is 6.36 Å². The summed E-state index contributed by atoms with van der Waals surface area (Å²) in [7, 11) is 3.29. The molecule has 2 heterocycles. The predicted molar refractivity (Wildman–Crippen MR) is 151 cm³/mol. The Bertz CT molecular complexity index is 1450. The van der Waals surface area contributed by atoms with Gasteiger partial charge in [0.25, 0.3) is 0 Å². The van der Waals surface area contributed by atoms with Gasteiger partial charge in [-0.2, -0.15) is 0 Å². The number of aromatic nitrogens is 1. The van der Waals surface area contributed by atoms with E-state index < -0.39 is 6.36 Å². The summed E-state index contributed by atoms with van der Waals surface area (Å²) < 4.78 is 52.3. The largest absolute Gasteiger partial charge is 0.573 e. The quantitative estimate of drug-likeness (QED) is 0.239. The van der Waals surface area contributed by atoms with Crippen LogP contribution in [0.4, 0.5) is 13.2 Å². The molecule has 1 fully saturated rings. The third-order valence-corrected chi connectivity index (χ3v) is 7.73. The van der Waals surface area contributed by atoms with Gasteiger partial charge in [0.2, 0.25) is 0 Å². The van der Waals surface area contributed by atoms with Gasteiger partial charge in [-0.15, -0.1) is 13.2 Å². The number of nitrogens with one attached hydrogen (secondary N) is 1. The van der Waals surface area contributed by atoms with Crippen molar-refractivity contribution in [1.29, 1.82) is 0 Å². The van der Waals surface area contributed by atoms with Gasteiger partial charge in [0.05, 0.1) is 19.9 Å². The standard InChI is InChI=1S/C32H35F3N2O3/c1-20(2)30-26-17-23(7-11-27(26)36-31(30)24-8-12-28(38-3)29(18-24)39-4)22-13-15-37(16-14-22)19-21-5-9-25(10-6-21)40-32(33,34)35/h5-12,17-18,20,22,36H,13-16,19H2,1-4H3. The summed E-state index contributed by atoms with van der Waals surface area (Å²) in [5.74, 6) is 2.00. The molecular formula is C32H35F3N2O3. The molecule has 212 valence electrons. The van der Waals surface area contributed by atoms with Crippen LogP contribution >= 0.6 is 0 Å². The van der Waals surface area contributed by atoms with E-state index in [1.54, 1.807) is 26.4 Å². The maximum absolute atomic E-state index is 12.4. The fourth-order valence-corrected chi connectivity index (χ4v) is 5.78. The van der Waals surface area contributed by atoms with E-state index in [1.807, 2.05) is 12.1 Å². The van der Waals surface area contributed by atoms with Crippen LogP contribution in [0.15, 0.2) is 60.7 Å². The highest BCUT2D eigenvalue weighted by Gasteiger charge is 2.31. The highest BCUT2D eigenvalue weighted by molar-refractivity contribution is 5.92. The van der Waals surface area contributed by atoms with Crippen molar-refractivity contribution in [3.8, 4) is 28.5 Å². The zero-order valence-electron chi connectivity index (χ0n) is 23.3. The number of nitrogens with zero attached hydrogens (tertiary/aromatic N) is 1. The molecule has 8 heteroatoms. The van der Waals surface area contributed by atoms with Crippen LogP contribution in [-0.2, 0) is 6.54 Å². The number of rotatable bonds is 8. The van der Waals surface area contributed by atoms with Gasteiger partial charge in [-0.25, -0.2) is 0 Å². The number of likely N-dealkylation sites (tertiary alicyclic amines) is 1. The number of methoxy groups -OCH3 is 2. The van der Waals surface area contributed by atoms with Crippen molar-refractivity contribution >= 4 is 10.9 Å². The highest BCUT2D eigenvalue weighted by Crippen LogP contribution is 2.40. The van der Waals surface area contributed by atoms with Crippen molar-refractivity contribution < 1.29 is 27.4 Å². The summed E-state index contributed by atoms with van der Waals surface area (Å²) >= 11 is 0. The molecule has 1 aromatic heterocycles. The molecule has 3 aromatic carbocycles. The molecule has 1 aliphatic heterocycles. The molecule has 0 unspecified atom stereocenters. The fraction of sp³-hybridized carbons (Fsp3) is 0.375. The first-order chi connectivity index (χ1) is 19.1. The summed E-state index contributed by atoms with van der Waals surface area (Å²) in [6.07, 6.45) is -2.61. The first-order valence-electron chi connectivity index (χ1n) is 13.6. The molecule has 5 rings (SSSR count). The molecule has 0 amide bonds. The van der Waals surface area contributed by atoms with Gasteiger partial charge in [-0.3, -0.25) is 4.90 Å². The number of piperidine rings is 1. The lowest BCUT2D eigenvalue weighted by atomic mass is 9.87. The van der Waals surface area contributed by atoms with E-state index in [4.69, 9.17) is 9.47 Å². The van der Waals surface area contributed by atoms with E-state index in [0.29, 0.717) is 29.9 Å². The van der Waals surface area contributed by atoms with E-state index in [1.165, 1.54) is 28.6 Å². The first-order valence-corrected chi connectivity index (χ1v) is 13.6. The van der Waals surface area contributed by atoms with Gasteiger partial charge < -0.3 is 19.2 Å². The molecule has 1 aliphatic rings. The molecule has 0 atom stereocenters. The molecule has 4 aromatic rings. The van der Waals surface area contributed by atoms with Gasteiger partial charge in [0.15, 0.2) is 11.5 Å². The van der Waals surface area contributed by atoms with E-state index >= 15 is 0 Å². The number of aromatic amines is 1. The Morgan fingerprint density at radius 2 is 1.60 bits per heavy atom. The van der Waals surface area contributed by atoms with Gasteiger partial charge in [0, 0.05) is 23.0 Å². The molecule has 0 aliphatic carbocycles. The minimum absolute atomic E-state index is 0.190. The monoisotopic (exact) mass is 552 g/mol. The topological polar surface area (TPSA) is 46.7 Å². The summed E-state index contributed by atoms with van der Waals surface area (Å²) in [5.41, 5.74) is 6.90. The molecule has 0 saturated carbocycles. The second-order valence-electron chi connectivity index (χ2n) is 10.7. The number of hydrogen-bond donors (Lipinski definition) is 1. The third-order valence-electron chi connectivity index (χ3n) is 7.73. The zero-order valence-corrected chi connectivity index (χ0v) is 23.3. The SMILES string of the molecule is COc1ccc(-c2[nH]c3ccc(C4CCN(Cc5ccc(OC(F)(F)F)cc5)CC4)cc3c2C(C)C)cc1OC. The lowest BCUT2D eigenvalue weighted by Gasteiger charge is -2.32. The van der Waals surface area contributed by atoms with Crippen LogP contribution in [0.2, 0.25) is 0 Å². The smallest absolute Gasteiger partial charge is 0.493 e. The molecule has 40 heavy (non-hydrogen) atoms. The van der Waals surface area contributed by atoms with Crippen LogP contribution in [0.3, 0.4) is 0 Å². The van der Waals surface area contributed by atoms with Crippen LogP contribution in [0.25, 0.3) is 22.2 Å². The average Bonchev–Trinajstić information content (AvgIpc) is 3.32. The number of H-pyrrole nitrogens is 1. The fourth-order valence-electron chi connectivity index (χ4n) is 5.78. The Morgan fingerprint density at radius 3 is 2.23 bits per heavy atom. The summed E-state index contributed by atoms with van der Waals surface area (Å²) in [5, 5.41) is 1.25. The number of alkyl halides is 3. The number of fused-ring (bicyclic) bond motifs is 1. The Morgan fingerprint density at radius 1 is 0.900 bits per heavy atom. The van der Waals surface area contributed by atoms with Crippen LogP contribution in [0.1, 0.15) is 55.2 Å². The molecule has 0 bridgehead atoms. The maximum Gasteiger partial charge on any atom is 0.573 e. The summed E-state index contributed by atoms with van der Waals surface area (Å²) in [6.45, 7) is 7.02. The minimum Gasteiger partial charge on any atom is -0.493 e. The molecule has 0 spiro atoms. The van der Waals surface area contributed by atoms with Gasteiger partial charge in [0.1, 0.15) is 5.75 Å². The van der Waals surface area contributed by atoms with Crippen LogP contribution in [-0.4, -0.2) is 43.6 Å². The van der Waals surface area contributed by atoms with Gasteiger partial charge in [-0.05, 0) is 96.9 Å². The molecule has 1 N–H and O–H groups in total. The lowest BCUT2D eigenvalue weighted by Crippen LogP contribution is -2.32. The van der Waals surface area contributed by atoms with Crippen molar-refractivity contribution in [2.24, 2.45) is 0 Å². The van der Waals surface area contributed by atoms with Crippen molar-refractivity contribution in [3.63, 3.8) is 0 Å². The second kappa shape index (κ2) is 11.5. The zero-order chi connectivity index (χ0) is 28.4. The van der Waals surface area contributed by atoms with Crippen LogP contribution in [0.5, 0.6) is 17.2 Å². The predicted octanol–water partition coefficient (Wildman–Crippen LogP) is 8.25. The number of hydrogen-bond acceptors (Lipinski definition) is 4. The number of ether oxygens (including phenoxy) is 3. The van der Waals surface area contributed by atoms with E-state index in [0.717, 1.165) is 48.3 Å². The Hall–Kier alpha value is -3.65. The maximum atomic E-state index is 12.4. The first kappa shape index (κ1) is 27.9.